The summed E-state index contributed by atoms with van der Waals surface area (Å²) in [5, 5.41) is 18.1. The molecular weight excluding hydrogens is 370 g/mol. The molecule has 0 bridgehead atoms. The maximum Gasteiger partial charge on any atom is 0.353 e. The molecule has 1 heterocycles. The van der Waals surface area contributed by atoms with Gasteiger partial charge in [0.1, 0.15) is 12.1 Å². The van der Waals surface area contributed by atoms with Crippen LogP contribution in [0.25, 0.3) is 0 Å². The number of aromatic nitrogens is 2. The van der Waals surface area contributed by atoms with Gasteiger partial charge in [-0.1, -0.05) is 39.0 Å². The average Bonchev–Trinajstić information content (AvgIpc) is 2.98. The Morgan fingerprint density at radius 3 is 2.45 bits per heavy atom. The standard InChI is InChI=1S/C21H29N5O3/c1-2-3-14-29-18-12-10-17(11-13-18)25-21-19(26(27)28)20(22-15-23-21)24-16-8-6-4-5-7-9-16/h10-13,15-16H,2-9,14H2,1H3,(H2,22,23,24,25). The number of hydrogen-bond donors (Lipinski definition) is 2. The van der Waals surface area contributed by atoms with E-state index in [4.69, 9.17) is 4.74 Å². The lowest BCUT2D eigenvalue weighted by Crippen LogP contribution is -2.20. The Balaban J connectivity index is 1.74. The minimum atomic E-state index is -0.427. The first-order valence-electron chi connectivity index (χ1n) is 10.4. The molecule has 8 heteroatoms. The van der Waals surface area contributed by atoms with Crippen LogP contribution in [0.15, 0.2) is 30.6 Å². The summed E-state index contributed by atoms with van der Waals surface area (Å²) in [6.45, 7) is 2.79. The minimum absolute atomic E-state index is 0.125. The number of nitro groups is 1. The zero-order valence-electron chi connectivity index (χ0n) is 16.9. The van der Waals surface area contributed by atoms with Gasteiger partial charge in [-0.25, -0.2) is 9.97 Å². The third kappa shape index (κ3) is 6.04. The fourth-order valence-corrected chi connectivity index (χ4v) is 3.47. The van der Waals surface area contributed by atoms with Crippen molar-refractivity contribution in [3.8, 4) is 5.75 Å². The van der Waals surface area contributed by atoms with E-state index in [-0.39, 0.29) is 23.4 Å². The molecule has 156 valence electrons. The quantitative estimate of drug-likeness (QED) is 0.250. The van der Waals surface area contributed by atoms with Gasteiger partial charge in [-0.15, -0.1) is 0 Å². The maximum absolute atomic E-state index is 11.8. The smallest absolute Gasteiger partial charge is 0.353 e. The van der Waals surface area contributed by atoms with Crippen molar-refractivity contribution in [1.29, 1.82) is 0 Å². The zero-order chi connectivity index (χ0) is 20.5. The molecule has 0 radical (unpaired) electrons. The lowest BCUT2D eigenvalue weighted by atomic mass is 10.1. The van der Waals surface area contributed by atoms with Gasteiger partial charge in [0, 0.05) is 11.7 Å². The average molecular weight is 399 g/mol. The number of rotatable bonds is 9. The van der Waals surface area contributed by atoms with Crippen LogP contribution in [0.3, 0.4) is 0 Å². The predicted molar refractivity (Wildman–Crippen MR) is 114 cm³/mol. The fourth-order valence-electron chi connectivity index (χ4n) is 3.47. The number of anilines is 3. The molecule has 8 nitrogen and oxygen atoms in total. The van der Waals surface area contributed by atoms with E-state index >= 15 is 0 Å². The van der Waals surface area contributed by atoms with Gasteiger partial charge < -0.3 is 15.4 Å². The van der Waals surface area contributed by atoms with Gasteiger partial charge in [-0.3, -0.25) is 10.1 Å². The van der Waals surface area contributed by atoms with Crippen LogP contribution in [0.5, 0.6) is 5.75 Å². The van der Waals surface area contributed by atoms with Crippen molar-refractivity contribution in [2.45, 2.75) is 64.3 Å². The Morgan fingerprint density at radius 2 is 1.79 bits per heavy atom. The van der Waals surface area contributed by atoms with Crippen molar-refractivity contribution in [1.82, 2.24) is 9.97 Å². The Hall–Kier alpha value is -2.90. The van der Waals surface area contributed by atoms with E-state index < -0.39 is 4.92 Å². The largest absolute Gasteiger partial charge is 0.494 e. The monoisotopic (exact) mass is 399 g/mol. The molecule has 1 aliphatic carbocycles. The van der Waals surface area contributed by atoms with E-state index in [1.165, 1.54) is 19.2 Å². The number of ether oxygens (including phenoxy) is 1. The molecule has 1 aromatic carbocycles. The van der Waals surface area contributed by atoms with Crippen LogP contribution < -0.4 is 15.4 Å². The van der Waals surface area contributed by atoms with Crippen molar-refractivity contribution in [3.05, 3.63) is 40.7 Å². The molecule has 0 saturated heterocycles. The first-order valence-corrected chi connectivity index (χ1v) is 10.4. The van der Waals surface area contributed by atoms with Gasteiger partial charge in [-0.2, -0.15) is 0 Å². The molecule has 0 spiro atoms. The first-order chi connectivity index (χ1) is 14.2. The second-order valence-corrected chi connectivity index (χ2v) is 7.36. The summed E-state index contributed by atoms with van der Waals surface area (Å²) < 4.78 is 5.66. The molecule has 1 aliphatic rings. The van der Waals surface area contributed by atoms with Crippen molar-refractivity contribution in [2.75, 3.05) is 17.2 Å². The summed E-state index contributed by atoms with van der Waals surface area (Å²) in [4.78, 5) is 19.6. The molecular formula is C21H29N5O3. The van der Waals surface area contributed by atoms with E-state index in [1.807, 2.05) is 24.3 Å². The van der Waals surface area contributed by atoms with E-state index in [0.29, 0.717) is 12.3 Å². The lowest BCUT2D eigenvalue weighted by Gasteiger charge is -2.17. The van der Waals surface area contributed by atoms with E-state index in [0.717, 1.165) is 44.3 Å². The third-order valence-electron chi connectivity index (χ3n) is 5.08. The first kappa shape index (κ1) is 20.8. The minimum Gasteiger partial charge on any atom is -0.494 e. The van der Waals surface area contributed by atoms with E-state index in [2.05, 4.69) is 27.5 Å². The van der Waals surface area contributed by atoms with Crippen molar-refractivity contribution >= 4 is 23.0 Å². The van der Waals surface area contributed by atoms with Gasteiger partial charge in [0.05, 0.1) is 11.5 Å². The normalized spacial score (nSPS) is 14.8. The van der Waals surface area contributed by atoms with Gasteiger partial charge in [-0.05, 0) is 43.5 Å². The van der Waals surface area contributed by atoms with Crippen LogP contribution in [0.4, 0.5) is 23.0 Å². The Labute approximate surface area is 171 Å². The molecule has 2 N–H and O–H groups in total. The fraction of sp³-hybridized carbons (Fsp3) is 0.524. The van der Waals surface area contributed by atoms with Gasteiger partial charge in [0.25, 0.3) is 0 Å². The summed E-state index contributed by atoms with van der Waals surface area (Å²) >= 11 is 0. The summed E-state index contributed by atoms with van der Waals surface area (Å²) in [6, 6.07) is 7.54. The zero-order valence-corrected chi connectivity index (χ0v) is 16.9. The van der Waals surface area contributed by atoms with Crippen molar-refractivity contribution in [3.63, 3.8) is 0 Å². The number of nitrogens with one attached hydrogen (secondary N) is 2. The highest BCUT2D eigenvalue weighted by Crippen LogP contribution is 2.33. The molecule has 1 aromatic heterocycles. The molecule has 0 amide bonds. The van der Waals surface area contributed by atoms with Crippen LogP contribution in [0.1, 0.15) is 58.3 Å². The Kier molecular flexibility index (Phi) is 7.61. The highest BCUT2D eigenvalue weighted by molar-refractivity contribution is 5.74. The van der Waals surface area contributed by atoms with Crippen LogP contribution in [-0.4, -0.2) is 27.5 Å². The van der Waals surface area contributed by atoms with Crippen LogP contribution in [-0.2, 0) is 0 Å². The lowest BCUT2D eigenvalue weighted by molar-refractivity contribution is -0.383. The van der Waals surface area contributed by atoms with Crippen LogP contribution in [0.2, 0.25) is 0 Å². The van der Waals surface area contributed by atoms with E-state index in [1.54, 1.807) is 0 Å². The highest BCUT2D eigenvalue weighted by Gasteiger charge is 2.25. The number of benzene rings is 1. The number of nitrogens with zero attached hydrogens (tertiary/aromatic N) is 3. The highest BCUT2D eigenvalue weighted by atomic mass is 16.6. The van der Waals surface area contributed by atoms with Crippen molar-refractivity contribution < 1.29 is 9.66 Å². The Morgan fingerprint density at radius 1 is 1.10 bits per heavy atom. The predicted octanol–water partition coefficient (Wildman–Crippen LogP) is 5.44. The second kappa shape index (κ2) is 10.6. The second-order valence-electron chi connectivity index (χ2n) is 7.36. The van der Waals surface area contributed by atoms with E-state index in [9.17, 15) is 10.1 Å². The molecule has 29 heavy (non-hydrogen) atoms. The van der Waals surface area contributed by atoms with Crippen LogP contribution in [0, 0.1) is 10.1 Å². The topological polar surface area (TPSA) is 102 Å². The summed E-state index contributed by atoms with van der Waals surface area (Å²) in [5.74, 6) is 1.23. The number of unbranched alkanes of at least 4 members (excludes halogenated alkanes) is 1. The molecule has 1 saturated carbocycles. The molecule has 0 aliphatic heterocycles. The third-order valence-corrected chi connectivity index (χ3v) is 5.08. The van der Waals surface area contributed by atoms with Crippen LogP contribution >= 0.6 is 0 Å². The molecule has 1 fully saturated rings. The Bertz CT molecular complexity index is 789. The van der Waals surface area contributed by atoms with Gasteiger partial charge >= 0.3 is 5.69 Å². The SMILES string of the molecule is CCCCOc1ccc(Nc2ncnc(NC3CCCCCC3)c2[N+](=O)[O-])cc1. The summed E-state index contributed by atoms with van der Waals surface area (Å²) in [6.07, 6.45) is 10.1. The molecule has 0 unspecified atom stereocenters. The van der Waals surface area contributed by atoms with Crippen molar-refractivity contribution in [2.24, 2.45) is 0 Å². The molecule has 2 aromatic rings. The summed E-state index contributed by atoms with van der Waals surface area (Å²) in [5.41, 5.74) is 0.579. The molecule has 0 atom stereocenters. The van der Waals surface area contributed by atoms with Gasteiger partial charge in [0.15, 0.2) is 0 Å². The van der Waals surface area contributed by atoms with Gasteiger partial charge in [0.2, 0.25) is 11.6 Å². The maximum atomic E-state index is 11.8. The molecule has 3 rings (SSSR count). The number of hydrogen-bond acceptors (Lipinski definition) is 7. The summed E-state index contributed by atoms with van der Waals surface area (Å²) in [7, 11) is 0.